The zero-order chi connectivity index (χ0) is 9.14. The van der Waals surface area contributed by atoms with Crippen LogP contribution in [-0.2, 0) is 5.33 Å². The Morgan fingerprint density at radius 3 is 2.67 bits per heavy atom. The van der Waals surface area contributed by atoms with Crippen molar-refractivity contribution in [3.63, 3.8) is 0 Å². The minimum atomic E-state index is 0.0877. The average molecular weight is 292 g/mol. The summed E-state index contributed by atoms with van der Waals surface area (Å²) in [6, 6.07) is 5.76. The SMILES string of the molecule is CC(=O)c1cc(CBr)ccc1Br. The fourth-order valence-corrected chi connectivity index (χ4v) is 1.80. The van der Waals surface area contributed by atoms with Crippen LogP contribution in [0.4, 0.5) is 0 Å². The van der Waals surface area contributed by atoms with E-state index >= 15 is 0 Å². The lowest BCUT2D eigenvalue weighted by Crippen LogP contribution is -1.94. The lowest BCUT2D eigenvalue weighted by molar-refractivity contribution is 0.101. The van der Waals surface area contributed by atoms with Gasteiger partial charge in [-0.05, 0) is 24.6 Å². The molecular weight excluding hydrogens is 284 g/mol. The summed E-state index contributed by atoms with van der Waals surface area (Å²) >= 11 is 6.66. The zero-order valence-electron chi connectivity index (χ0n) is 6.60. The van der Waals surface area contributed by atoms with Crippen molar-refractivity contribution in [2.45, 2.75) is 12.3 Å². The van der Waals surface area contributed by atoms with Crippen LogP contribution >= 0.6 is 31.9 Å². The van der Waals surface area contributed by atoms with Gasteiger partial charge in [0.05, 0.1) is 0 Å². The number of alkyl halides is 1. The molecule has 0 bridgehead atoms. The number of hydrogen-bond donors (Lipinski definition) is 0. The van der Waals surface area contributed by atoms with Crippen molar-refractivity contribution < 1.29 is 4.79 Å². The molecule has 0 atom stereocenters. The molecular formula is C9H8Br2O. The Balaban J connectivity index is 3.17. The maximum absolute atomic E-state index is 11.1. The third-order valence-electron chi connectivity index (χ3n) is 1.56. The van der Waals surface area contributed by atoms with E-state index in [0.29, 0.717) is 0 Å². The minimum Gasteiger partial charge on any atom is -0.294 e. The van der Waals surface area contributed by atoms with Crippen LogP contribution in [0, 0.1) is 0 Å². The Hall–Kier alpha value is -0.150. The fourth-order valence-electron chi connectivity index (χ4n) is 0.925. The largest absolute Gasteiger partial charge is 0.294 e. The van der Waals surface area contributed by atoms with Crippen LogP contribution in [-0.4, -0.2) is 5.78 Å². The Bertz CT molecular complexity index is 307. The van der Waals surface area contributed by atoms with Crippen molar-refractivity contribution in [1.29, 1.82) is 0 Å². The van der Waals surface area contributed by atoms with E-state index in [1.807, 2.05) is 18.2 Å². The molecule has 0 unspecified atom stereocenters. The Morgan fingerprint density at radius 1 is 1.50 bits per heavy atom. The number of hydrogen-bond acceptors (Lipinski definition) is 1. The molecule has 1 aromatic carbocycles. The van der Waals surface area contributed by atoms with Gasteiger partial charge in [-0.1, -0.05) is 37.9 Å². The molecule has 0 N–H and O–H groups in total. The van der Waals surface area contributed by atoms with Crippen LogP contribution in [0.2, 0.25) is 0 Å². The molecule has 0 saturated heterocycles. The van der Waals surface area contributed by atoms with E-state index in [9.17, 15) is 4.79 Å². The normalized spacial score (nSPS) is 9.92. The number of carbonyl (C=O) groups excluding carboxylic acids is 1. The molecule has 0 spiro atoms. The van der Waals surface area contributed by atoms with E-state index in [0.717, 1.165) is 20.9 Å². The van der Waals surface area contributed by atoms with E-state index in [2.05, 4.69) is 31.9 Å². The molecule has 64 valence electrons. The summed E-state index contributed by atoms with van der Waals surface area (Å²) in [5.41, 5.74) is 1.86. The standard InChI is InChI=1S/C9H8Br2O/c1-6(12)8-4-7(5-10)2-3-9(8)11/h2-4H,5H2,1H3. The van der Waals surface area contributed by atoms with Gasteiger partial charge in [-0.15, -0.1) is 0 Å². The van der Waals surface area contributed by atoms with Gasteiger partial charge in [0.25, 0.3) is 0 Å². The Morgan fingerprint density at radius 2 is 2.17 bits per heavy atom. The molecule has 0 aliphatic heterocycles. The van der Waals surface area contributed by atoms with Gasteiger partial charge in [0.1, 0.15) is 0 Å². The lowest BCUT2D eigenvalue weighted by atomic mass is 10.1. The van der Waals surface area contributed by atoms with Gasteiger partial charge in [-0.3, -0.25) is 4.79 Å². The topological polar surface area (TPSA) is 17.1 Å². The maximum Gasteiger partial charge on any atom is 0.160 e. The zero-order valence-corrected chi connectivity index (χ0v) is 9.78. The summed E-state index contributed by atoms with van der Waals surface area (Å²) in [7, 11) is 0. The highest BCUT2D eigenvalue weighted by molar-refractivity contribution is 9.10. The summed E-state index contributed by atoms with van der Waals surface area (Å²) in [6.45, 7) is 1.57. The van der Waals surface area contributed by atoms with Crippen LogP contribution in [0.1, 0.15) is 22.8 Å². The van der Waals surface area contributed by atoms with Gasteiger partial charge >= 0.3 is 0 Å². The van der Waals surface area contributed by atoms with Gasteiger partial charge in [0, 0.05) is 15.4 Å². The van der Waals surface area contributed by atoms with Crippen molar-refractivity contribution in [3.05, 3.63) is 33.8 Å². The average Bonchev–Trinajstić information content (AvgIpc) is 2.05. The van der Waals surface area contributed by atoms with Gasteiger partial charge in [0.2, 0.25) is 0 Å². The highest BCUT2D eigenvalue weighted by Gasteiger charge is 2.04. The van der Waals surface area contributed by atoms with Crippen molar-refractivity contribution >= 4 is 37.6 Å². The third kappa shape index (κ3) is 2.17. The fraction of sp³-hybridized carbons (Fsp3) is 0.222. The second-order valence-corrected chi connectivity index (χ2v) is 3.92. The number of ketones is 1. The van der Waals surface area contributed by atoms with Crippen LogP contribution in [0.5, 0.6) is 0 Å². The first kappa shape index (κ1) is 9.93. The van der Waals surface area contributed by atoms with Crippen LogP contribution in [0.15, 0.2) is 22.7 Å². The smallest absolute Gasteiger partial charge is 0.160 e. The Kier molecular flexibility index (Phi) is 3.47. The van der Waals surface area contributed by atoms with E-state index in [1.54, 1.807) is 6.92 Å². The predicted octanol–water partition coefficient (Wildman–Crippen LogP) is 3.55. The molecule has 0 saturated carbocycles. The van der Waals surface area contributed by atoms with Crippen molar-refractivity contribution in [2.24, 2.45) is 0 Å². The van der Waals surface area contributed by atoms with Crippen molar-refractivity contribution in [2.75, 3.05) is 0 Å². The number of halogens is 2. The molecule has 0 fully saturated rings. The van der Waals surface area contributed by atoms with Gasteiger partial charge in [-0.25, -0.2) is 0 Å². The minimum absolute atomic E-state index is 0.0877. The monoisotopic (exact) mass is 290 g/mol. The number of carbonyl (C=O) groups is 1. The molecule has 0 heterocycles. The molecule has 0 aliphatic rings. The summed E-state index contributed by atoms with van der Waals surface area (Å²) in [6.07, 6.45) is 0. The lowest BCUT2D eigenvalue weighted by Gasteiger charge is -2.01. The molecule has 1 rings (SSSR count). The molecule has 3 heteroatoms. The molecule has 1 aromatic rings. The highest BCUT2D eigenvalue weighted by Crippen LogP contribution is 2.19. The van der Waals surface area contributed by atoms with E-state index in [1.165, 1.54) is 0 Å². The van der Waals surface area contributed by atoms with E-state index in [4.69, 9.17) is 0 Å². The van der Waals surface area contributed by atoms with Crippen molar-refractivity contribution in [1.82, 2.24) is 0 Å². The molecule has 12 heavy (non-hydrogen) atoms. The first-order valence-corrected chi connectivity index (χ1v) is 5.42. The van der Waals surface area contributed by atoms with Crippen LogP contribution < -0.4 is 0 Å². The number of rotatable bonds is 2. The third-order valence-corrected chi connectivity index (χ3v) is 2.90. The first-order chi connectivity index (χ1) is 5.65. The molecule has 0 radical (unpaired) electrons. The summed E-state index contributed by atoms with van der Waals surface area (Å²) in [5.74, 6) is 0.0877. The second-order valence-electron chi connectivity index (χ2n) is 2.50. The van der Waals surface area contributed by atoms with Crippen LogP contribution in [0.25, 0.3) is 0 Å². The van der Waals surface area contributed by atoms with Crippen LogP contribution in [0.3, 0.4) is 0 Å². The van der Waals surface area contributed by atoms with E-state index in [-0.39, 0.29) is 5.78 Å². The maximum atomic E-state index is 11.1. The Labute approximate surface area is 88.4 Å². The quantitative estimate of drug-likeness (QED) is 0.602. The molecule has 1 nitrogen and oxygen atoms in total. The summed E-state index contributed by atoms with van der Waals surface area (Å²) in [5, 5.41) is 0.778. The van der Waals surface area contributed by atoms with Crippen molar-refractivity contribution in [3.8, 4) is 0 Å². The second kappa shape index (κ2) is 4.19. The molecule has 0 amide bonds. The summed E-state index contributed by atoms with van der Waals surface area (Å²) < 4.78 is 0.861. The van der Waals surface area contributed by atoms with E-state index < -0.39 is 0 Å². The highest BCUT2D eigenvalue weighted by atomic mass is 79.9. The number of Topliss-reactive ketones (excluding diaryl/α,β-unsaturated/α-hetero) is 1. The van der Waals surface area contributed by atoms with Gasteiger partial charge in [0.15, 0.2) is 5.78 Å². The predicted molar refractivity (Wildman–Crippen MR) is 56.8 cm³/mol. The molecule has 0 aromatic heterocycles. The summed E-state index contributed by atoms with van der Waals surface area (Å²) in [4.78, 5) is 11.1. The van der Waals surface area contributed by atoms with Gasteiger partial charge in [-0.2, -0.15) is 0 Å². The molecule has 0 aliphatic carbocycles. The number of benzene rings is 1. The first-order valence-electron chi connectivity index (χ1n) is 3.50. The van der Waals surface area contributed by atoms with Gasteiger partial charge < -0.3 is 0 Å².